The fraction of sp³-hybridized carbons (Fsp3) is 0.800. The Labute approximate surface area is 120 Å². The molecule has 0 radical (unpaired) electrons. The largest absolute Gasteiger partial charge is 0.371 e. The van der Waals surface area contributed by atoms with Gasteiger partial charge in [-0.2, -0.15) is 0 Å². The van der Waals surface area contributed by atoms with E-state index in [4.69, 9.17) is 10.5 Å². The number of thiazole rings is 1. The molecule has 0 saturated heterocycles. The maximum absolute atomic E-state index is 6.07. The van der Waals surface area contributed by atoms with Gasteiger partial charge in [-0.25, -0.2) is 4.98 Å². The Morgan fingerprint density at radius 1 is 1.37 bits per heavy atom. The van der Waals surface area contributed by atoms with Gasteiger partial charge in [0.2, 0.25) is 0 Å². The van der Waals surface area contributed by atoms with Crippen molar-refractivity contribution in [1.82, 2.24) is 4.98 Å². The van der Waals surface area contributed by atoms with Crippen LogP contribution in [0, 0.1) is 5.92 Å². The van der Waals surface area contributed by atoms with E-state index in [0.29, 0.717) is 18.6 Å². The molecule has 0 bridgehead atoms. The molecule has 3 nitrogen and oxygen atoms in total. The van der Waals surface area contributed by atoms with Gasteiger partial charge < -0.3 is 10.5 Å². The highest BCUT2D eigenvalue weighted by Crippen LogP contribution is 2.28. The van der Waals surface area contributed by atoms with Crippen LogP contribution < -0.4 is 5.73 Å². The standard InChI is InChI=1S/C15H26N2OS/c1-15(2,3)13-10-19-14(17-13)9-18-12-7-5-4-6-11(12)8-16/h10-12H,4-9,16H2,1-3H3. The maximum Gasteiger partial charge on any atom is 0.119 e. The fourth-order valence-electron chi connectivity index (χ4n) is 2.56. The monoisotopic (exact) mass is 282 g/mol. The number of aromatic nitrogens is 1. The molecule has 1 saturated carbocycles. The molecule has 0 aliphatic heterocycles. The van der Waals surface area contributed by atoms with Gasteiger partial charge in [0, 0.05) is 10.8 Å². The average Bonchev–Trinajstić information content (AvgIpc) is 2.85. The van der Waals surface area contributed by atoms with Crippen LogP contribution in [-0.4, -0.2) is 17.6 Å². The lowest BCUT2D eigenvalue weighted by Crippen LogP contribution is -2.33. The van der Waals surface area contributed by atoms with Crippen molar-refractivity contribution >= 4 is 11.3 Å². The zero-order valence-corrected chi connectivity index (χ0v) is 13.1. The summed E-state index contributed by atoms with van der Waals surface area (Å²) in [6.07, 6.45) is 5.27. The smallest absolute Gasteiger partial charge is 0.119 e. The molecule has 1 fully saturated rings. The summed E-state index contributed by atoms with van der Waals surface area (Å²) in [4.78, 5) is 4.68. The molecule has 4 heteroatoms. The molecule has 0 spiro atoms. The summed E-state index contributed by atoms with van der Waals surface area (Å²) in [6, 6.07) is 0. The topological polar surface area (TPSA) is 48.1 Å². The van der Waals surface area contributed by atoms with Gasteiger partial charge in [0.15, 0.2) is 0 Å². The van der Waals surface area contributed by atoms with Crippen LogP contribution >= 0.6 is 11.3 Å². The summed E-state index contributed by atoms with van der Waals surface area (Å²) in [7, 11) is 0. The summed E-state index contributed by atoms with van der Waals surface area (Å²) < 4.78 is 6.07. The average molecular weight is 282 g/mol. The first-order valence-electron chi connectivity index (χ1n) is 7.27. The fourth-order valence-corrected chi connectivity index (χ4v) is 3.50. The summed E-state index contributed by atoms with van der Waals surface area (Å²) in [5.41, 5.74) is 7.12. The molecule has 2 rings (SSSR count). The minimum Gasteiger partial charge on any atom is -0.371 e. The third kappa shape index (κ3) is 4.01. The van der Waals surface area contributed by atoms with Gasteiger partial charge in [0.05, 0.1) is 18.4 Å². The van der Waals surface area contributed by atoms with Crippen LogP contribution in [0.4, 0.5) is 0 Å². The molecule has 2 unspecified atom stereocenters. The third-order valence-corrected chi connectivity index (χ3v) is 4.71. The first kappa shape index (κ1) is 14.9. The summed E-state index contributed by atoms with van der Waals surface area (Å²) in [5.74, 6) is 0.538. The van der Waals surface area contributed by atoms with E-state index in [1.54, 1.807) is 11.3 Å². The van der Waals surface area contributed by atoms with Crippen LogP contribution in [-0.2, 0) is 16.8 Å². The Morgan fingerprint density at radius 2 is 2.11 bits per heavy atom. The lowest BCUT2D eigenvalue weighted by molar-refractivity contribution is -0.0184. The van der Waals surface area contributed by atoms with Crippen LogP contribution in [0.15, 0.2) is 5.38 Å². The normalized spacial score (nSPS) is 24.6. The maximum atomic E-state index is 6.07. The van der Waals surface area contributed by atoms with E-state index in [2.05, 4.69) is 31.1 Å². The molecule has 0 amide bonds. The molecule has 0 aromatic carbocycles. The molecule has 2 atom stereocenters. The van der Waals surface area contributed by atoms with Crippen molar-refractivity contribution in [2.75, 3.05) is 6.54 Å². The predicted molar refractivity (Wildman–Crippen MR) is 80.4 cm³/mol. The van der Waals surface area contributed by atoms with E-state index in [-0.39, 0.29) is 5.41 Å². The first-order chi connectivity index (χ1) is 9.00. The predicted octanol–water partition coefficient (Wildman–Crippen LogP) is 3.47. The third-order valence-electron chi connectivity index (χ3n) is 3.88. The van der Waals surface area contributed by atoms with Gasteiger partial charge in [-0.3, -0.25) is 0 Å². The molecule has 1 aliphatic carbocycles. The lowest BCUT2D eigenvalue weighted by atomic mass is 9.86. The summed E-state index contributed by atoms with van der Waals surface area (Å²) in [6.45, 7) is 7.96. The van der Waals surface area contributed by atoms with Crippen molar-refractivity contribution in [2.24, 2.45) is 11.7 Å². The molecule has 1 heterocycles. The van der Waals surface area contributed by atoms with Gasteiger partial charge in [-0.1, -0.05) is 33.6 Å². The first-order valence-corrected chi connectivity index (χ1v) is 8.15. The second kappa shape index (κ2) is 6.33. The number of hydrogen-bond acceptors (Lipinski definition) is 4. The molecular weight excluding hydrogens is 256 g/mol. The van der Waals surface area contributed by atoms with Crippen molar-refractivity contribution in [3.05, 3.63) is 16.1 Å². The van der Waals surface area contributed by atoms with E-state index in [1.165, 1.54) is 19.3 Å². The number of nitrogens with zero attached hydrogens (tertiary/aromatic N) is 1. The molecule has 108 valence electrons. The van der Waals surface area contributed by atoms with Crippen LogP contribution in [0.5, 0.6) is 0 Å². The van der Waals surface area contributed by atoms with Gasteiger partial charge >= 0.3 is 0 Å². The Hall–Kier alpha value is -0.450. The van der Waals surface area contributed by atoms with E-state index in [1.807, 2.05) is 0 Å². The van der Waals surface area contributed by atoms with Crippen molar-refractivity contribution < 1.29 is 4.74 Å². The molecule has 19 heavy (non-hydrogen) atoms. The number of nitrogens with two attached hydrogens (primary N) is 1. The Balaban J connectivity index is 1.89. The van der Waals surface area contributed by atoms with Gasteiger partial charge in [-0.05, 0) is 25.3 Å². The van der Waals surface area contributed by atoms with Crippen molar-refractivity contribution in [3.8, 4) is 0 Å². The highest BCUT2D eigenvalue weighted by atomic mass is 32.1. The quantitative estimate of drug-likeness (QED) is 0.920. The van der Waals surface area contributed by atoms with Gasteiger partial charge in [0.1, 0.15) is 5.01 Å². The minimum atomic E-state index is 0.124. The lowest BCUT2D eigenvalue weighted by Gasteiger charge is -2.30. The van der Waals surface area contributed by atoms with Crippen LogP contribution in [0.3, 0.4) is 0 Å². The number of ether oxygens (including phenoxy) is 1. The Bertz CT molecular complexity index is 397. The molecular formula is C15H26N2OS. The molecule has 1 aromatic rings. The SMILES string of the molecule is CC(C)(C)c1csc(COC2CCCCC2CN)n1. The van der Waals surface area contributed by atoms with Gasteiger partial charge in [-0.15, -0.1) is 11.3 Å². The van der Waals surface area contributed by atoms with Crippen LogP contribution in [0.1, 0.15) is 57.2 Å². The zero-order chi connectivity index (χ0) is 13.9. The van der Waals surface area contributed by atoms with Crippen LogP contribution in [0.25, 0.3) is 0 Å². The Kier molecular flexibility index (Phi) is 4.98. The van der Waals surface area contributed by atoms with Crippen LogP contribution in [0.2, 0.25) is 0 Å². The zero-order valence-electron chi connectivity index (χ0n) is 12.3. The van der Waals surface area contributed by atoms with E-state index >= 15 is 0 Å². The van der Waals surface area contributed by atoms with Crippen molar-refractivity contribution in [2.45, 2.75) is 64.6 Å². The number of rotatable bonds is 4. The van der Waals surface area contributed by atoms with E-state index in [0.717, 1.165) is 23.7 Å². The summed E-state index contributed by atoms with van der Waals surface area (Å²) >= 11 is 1.71. The molecule has 1 aromatic heterocycles. The van der Waals surface area contributed by atoms with E-state index < -0.39 is 0 Å². The molecule has 2 N–H and O–H groups in total. The highest BCUT2D eigenvalue weighted by Gasteiger charge is 2.25. The summed E-state index contributed by atoms with van der Waals surface area (Å²) in [5, 5.41) is 3.24. The minimum absolute atomic E-state index is 0.124. The van der Waals surface area contributed by atoms with E-state index in [9.17, 15) is 0 Å². The molecule has 1 aliphatic rings. The second-order valence-corrected chi connectivity index (χ2v) is 7.45. The van der Waals surface area contributed by atoms with Gasteiger partial charge in [0.25, 0.3) is 0 Å². The van der Waals surface area contributed by atoms with Crippen molar-refractivity contribution in [3.63, 3.8) is 0 Å². The number of hydrogen-bond donors (Lipinski definition) is 1. The highest BCUT2D eigenvalue weighted by molar-refractivity contribution is 7.09. The Morgan fingerprint density at radius 3 is 2.74 bits per heavy atom. The van der Waals surface area contributed by atoms with Crippen molar-refractivity contribution in [1.29, 1.82) is 0 Å². The second-order valence-electron chi connectivity index (χ2n) is 6.51.